The number of amides is 1. The number of nitrogens with one attached hydrogen (secondary N) is 1. The van der Waals surface area contributed by atoms with E-state index in [-0.39, 0.29) is 10.7 Å². The number of sulfonamides is 1. The Kier molecular flexibility index (Phi) is 7.32. The van der Waals surface area contributed by atoms with Gasteiger partial charge in [-0.3, -0.25) is 9.10 Å². The van der Waals surface area contributed by atoms with Crippen molar-refractivity contribution in [1.29, 1.82) is 0 Å². The second kappa shape index (κ2) is 9.32. The van der Waals surface area contributed by atoms with Crippen molar-refractivity contribution in [3.63, 3.8) is 0 Å². The van der Waals surface area contributed by atoms with Crippen LogP contribution in [0.25, 0.3) is 0 Å². The van der Waals surface area contributed by atoms with Gasteiger partial charge in [0.15, 0.2) is 11.5 Å². The number of carbonyl (C=O) groups excluding carboxylic acids is 1. The molecule has 0 aliphatic heterocycles. The van der Waals surface area contributed by atoms with Gasteiger partial charge in [0.05, 0.1) is 37.2 Å². The van der Waals surface area contributed by atoms with Crippen LogP contribution in [0.2, 0.25) is 5.02 Å². The van der Waals surface area contributed by atoms with Gasteiger partial charge >= 0.3 is 0 Å². The van der Waals surface area contributed by atoms with Crippen molar-refractivity contribution in [2.75, 3.05) is 31.3 Å². The van der Waals surface area contributed by atoms with E-state index in [0.717, 1.165) is 28.3 Å². The summed E-state index contributed by atoms with van der Waals surface area (Å²) in [6.07, 6.45) is 0.954. The van der Waals surface area contributed by atoms with Gasteiger partial charge in [0.1, 0.15) is 12.4 Å². The van der Waals surface area contributed by atoms with Crippen molar-refractivity contribution in [2.24, 2.45) is 0 Å². The van der Waals surface area contributed by atoms with E-state index in [1.807, 2.05) is 0 Å². The highest BCUT2D eigenvalue weighted by Crippen LogP contribution is 2.30. The van der Waals surface area contributed by atoms with Crippen LogP contribution in [0.1, 0.15) is 18.5 Å². The lowest BCUT2D eigenvalue weighted by Crippen LogP contribution is -2.41. The van der Waals surface area contributed by atoms with Gasteiger partial charge in [-0.1, -0.05) is 17.7 Å². The number of ether oxygens (including phenoxy) is 2. The number of rotatable bonds is 8. The molecular weight excluding hydrogens is 423 g/mol. The largest absolute Gasteiger partial charge is 0.493 e. The smallest absolute Gasteiger partial charge is 0.241 e. The molecule has 0 unspecified atom stereocenters. The molecule has 0 saturated carbocycles. The van der Waals surface area contributed by atoms with Crippen molar-refractivity contribution in [2.45, 2.75) is 13.0 Å². The maximum atomic E-state index is 13.4. The zero-order valence-corrected chi connectivity index (χ0v) is 18.0. The van der Waals surface area contributed by atoms with E-state index in [9.17, 15) is 17.6 Å². The van der Waals surface area contributed by atoms with E-state index in [2.05, 4.69) is 5.32 Å². The monoisotopic (exact) mass is 444 g/mol. The molecule has 0 aromatic heterocycles. The molecule has 1 atom stereocenters. The molecule has 0 aliphatic carbocycles. The molecule has 2 rings (SSSR count). The third kappa shape index (κ3) is 5.74. The molecule has 7 nitrogen and oxygen atoms in total. The molecule has 1 amide bonds. The summed E-state index contributed by atoms with van der Waals surface area (Å²) in [6.45, 7) is 1.26. The lowest BCUT2D eigenvalue weighted by Gasteiger charge is -2.23. The quantitative estimate of drug-likeness (QED) is 0.676. The lowest BCUT2D eigenvalue weighted by molar-refractivity contribution is -0.120. The van der Waals surface area contributed by atoms with E-state index in [1.54, 1.807) is 25.1 Å². The SMILES string of the molecule is COc1ccc([C@@H](C)NC(=O)CN(c2ccc(F)c(Cl)c2)S(C)(=O)=O)cc1OC. The summed E-state index contributed by atoms with van der Waals surface area (Å²) in [7, 11) is -0.787. The number of methoxy groups -OCH3 is 2. The Morgan fingerprint density at radius 2 is 1.83 bits per heavy atom. The van der Waals surface area contributed by atoms with E-state index in [1.165, 1.54) is 20.3 Å². The summed E-state index contributed by atoms with van der Waals surface area (Å²) in [6, 6.07) is 8.20. The van der Waals surface area contributed by atoms with Gasteiger partial charge in [-0.2, -0.15) is 0 Å². The fourth-order valence-corrected chi connectivity index (χ4v) is 3.69. The summed E-state index contributed by atoms with van der Waals surface area (Å²) in [5.41, 5.74) is 0.833. The van der Waals surface area contributed by atoms with Gasteiger partial charge in [0.25, 0.3) is 0 Å². The molecule has 29 heavy (non-hydrogen) atoms. The van der Waals surface area contributed by atoms with Gasteiger partial charge < -0.3 is 14.8 Å². The van der Waals surface area contributed by atoms with Gasteiger partial charge in [-0.15, -0.1) is 0 Å². The highest BCUT2D eigenvalue weighted by molar-refractivity contribution is 7.92. The molecule has 0 spiro atoms. The average molecular weight is 445 g/mol. The van der Waals surface area contributed by atoms with Crippen molar-refractivity contribution >= 4 is 33.2 Å². The van der Waals surface area contributed by atoms with Crippen LogP contribution in [0, 0.1) is 5.82 Å². The van der Waals surface area contributed by atoms with Crippen molar-refractivity contribution < 1.29 is 27.1 Å². The maximum Gasteiger partial charge on any atom is 0.241 e. The number of hydrogen-bond acceptors (Lipinski definition) is 5. The number of halogens is 2. The van der Waals surface area contributed by atoms with Gasteiger partial charge in [0.2, 0.25) is 15.9 Å². The predicted molar refractivity (Wildman–Crippen MR) is 110 cm³/mol. The van der Waals surface area contributed by atoms with Crippen LogP contribution in [0.5, 0.6) is 11.5 Å². The first-order valence-electron chi connectivity index (χ1n) is 8.51. The van der Waals surface area contributed by atoms with Gasteiger partial charge in [-0.05, 0) is 42.8 Å². The highest BCUT2D eigenvalue weighted by Gasteiger charge is 2.23. The number of anilines is 1. The Balaban J connectivity index is 2.19. The topological polar surface area (TPSA) is 84.9 Å². The first-order valence-corrected chi connectivity index (χ1v) is 10.7. The van der Waals surface area contributed by atoms with E-state index in [4.69, 9.17) is 21.1 Å². The van der Waals surface area contributed by atoms with Crippen LogP contribution in [-0.2, 0) is 14.8 Å². The van der Waals surface area contributed by atoms with Crippen LogP contribution >= 0.6 is 11.6 Å². The Hall–Kier alpha value is -2.52. The van der Waals surface area contributed by atoms with E-state index >= 15 is 0 Å². The van der Waals surface area contributed by atoms with Gasteiger partial charge in [0, 0.05) is 0 Å². The third-order valence-corrected chi connectivity index (χ3v) is 5.59. The summed E-state index contributed by atoms with van der Waals surface area (Å²) in [4.78, 5) is 12.5. The Morgan fingerprint density at radius 3 is 2.38 bits per heavy atom. The number of nitrogens with zero attached hydrogens (tertiary/aromatic N) is 1. The molecule has 1 N–H and O–H groups in total. The highest BCUT2D eigenvalue weighted by atomic mass is 35.5. The molecule has 0 fully saturated rings. The molecule has 0 aliphatic rings. The maximum absolute atomic E-state index is 13.4. The second-order valence-corrected chi connectivity index (χ2v) is 8.59. The molecular formula is C19H22ClFN2O5S. The summed E-state index contributed by atoms with van der Waals surface area (Å²) >= 11 is 5.74. The first kappa shape index (κ1) is 22.8. The Morgan fingerprint density at radius 1 is 1.17 bits per heavy atom. The van der Waals surface area contributed by atoms with Crippen LogP contribution in [-0.4, -0.2) is 41.3 Å². The fraction of sp³-hybridized carbons (Fsp3) is 0.316. The molecule has 0 radical (unpaired) electrons. The van der Waals surface area contributed by atoms with Crippen LogP contribution in [0.3, 0.4) is 0 Å². The summed E-state index contributed by atoms with van der Waals surface area (Å²) < 4.78 is 49.0. The van der Waals surface area contributed by atoms with Crippen molar-refractivity contribution in [1.82, 2.24) is 5.32 Å². The Labute approximate surface area is 174 Å². The minimum atomic E-state index is -3.81. The summed E-state index contributed by atoms with van der Waals surface area (Å²) in [5.74, 6) is -0.176. The van der Waals surface area contributed by atoms with E-state index in [0.29, 0.717) is 11.5 Å². The normalized spacial score (nSPS) is 12.2. The van der Waals surface area contributed by atoms with Crippen LogP contribution < -0.4 is 19.1 Å². The third-order valence-electron chi connectivity index (χ3n) is 4.16. The van der Waals surface area contributed by atoms with Crippen molar-refractivity contribution in [3.8, 4) is 11.5 Å². The molecule has 2 aromatic carbocycles. The number of carbonyl (C=O) groups is 1. The zero-order chi connectivity index (χ0) is 21.8. The lowest BCUT2D eigenvalue weighted by atomic mass is 10.1. The van der Waals surface area contributed by atoms with Crippen LogP contribution in [0.4, 0.5) is 10.1 Å². The Bertz CT molecular complexity index is 1000. The standard InChI is InChI=1S/C19H22ClFN2O5S/c1-12(13-5-8-17(27-2)18(9-13)28-3)22-19(24)11-23(29(4,25)26)14-6-7-16(21)15(20)10-14/h5-10,12H,11H2,1-4H3,(H,22,24)/t12-/m1/s1. The minimum absolute atomic E-state index is 0.0906. The fourth-order valence-electron chi connectivity index (χ4n) is 2.66. The van der Waals surface area contributed by atoms with Crippen LogP contribution in [0.15, 0.2) is 36.4 Å². The molecule has 0 saturated heterocycles. The molecule has 0 heterocycles. The van der Waals surface area contributed by atoms with Gasteiger partial charge in [-0.25, -0.2) is 12.8 Å². The predicted octanol–water partition coefficient (Wildman–Crippen LogP) is 3.14. The molecule has 10 heteroatoms. The first-order chi connectivity index (χ1) is 13.6. The zero-order valence-electron chi connectivity index (χ0n) is 16.4. The number of benzene rings is 2. The summed E-state index contributed by atoms with van der Waals surface area (Å²) in [5, 5.41) is 2.49. The van der Waals surface area contributed by atoms with Crippen molar-refractivity contribution in [3.05, 3.63) is 52.8 Å². The molecule has 158 valence electrons. The average Bonchev–Trinajstić information content (AvgIpc) is 2.66. The molecule has 0 bridgehead atoms. The minimum Gasteiger partial charge on any atom is -0.493 e. The van der Waals surface area contributed by atoms with E-state index < -0.39 is 34.3 Å². The molecule has 2 aromatic rings. The second-order valence-electron chi connectivity index (χ2n) is 6.27. The number of hydrogen-bond donors (Lipinski definition) is 1.